The maximum Gasteiger partial charge on any atom is 0.347 e. The van der Waals surface area contributed by atoms with Gasteiger partial charge < -0.3 is 14.7 Å². The van der Waals surface area contributed by atoms with Crippen molar-refractivity contribution in [2.24, 2.45) is 0 Å². The fourth-order valence-corrected chi connectivity index (χ4v) is 2.95. The summed E-state index contributed by atoms with van der Waals surface area (Å²) >= 11 is 0. The number of carbonyl (C=O) groups excluding carboxylic acids is 1. The van der Waals surface area contributed by atoms with E-state index in [0.717, 1.165) is 12.0 Å². The Morgan fingerprint density at radius 2 is 1.70 bits per heavy atom. The molecule has 0 unspecified atom stereocenters. The predicted octanol–water partition coefficient (Wildman–Crippen LogP) is 3.86. The van der Waals surface area contributed by atoms with Crippen LogP contribution < -0.4 is 4.74 Å². The summed E-state index contributed by atoms with van der Waals surface area (Å²) in [6.07, 6.45) is 2.85. The molecule has 1 N–H and O–H groups in total. The lowest BCUT2D eigenvalue weighted by molar-refractivity contribution is -0.152. The summed E-state index contributed by atoms with van der Waals surface area (Å²) < 4.78 is 5.53. The zero-order chi connectivity index (χ0) is 19.4. The summed E-state index contributed by atoms with van der Waals surface area (Å²) in [5, 5.41) is 9.15. The topological polar surface area (TPSA) is 66.8 Å². The van der Waals surface area contributed by atoms with E-state index in [1.54, 1.807) is 12.1 Å². The van der Waals surface area contributed by atoms with Crippen LogP contribution in [0, 0.1) is 0 Å². The summed E-state index contributed by atoms with van der Waals surface area (Å²) in [7, 11) is 0. The highest BCUT2D eigenvalue weighted by Crippen LogP contribution is 2.26. The van der Waals surface area contributed by atoms with Gasteiger partial charge in [-0.2, -0.15) is 0 Å². The smallest absolute Gasteiger partial charge is 0.347 e. The Morgan fingerprint density at radius 1 is 1.04 bits per heavy atom. The first-order chi connectivity index (χ1) is 12.9. The Labute approximate surface area is 158 Å². The van der Waals surface area contributed by atoms with E-state index in [2.05, 4.69) is 6.08 Å². The number of carboxylic acids is 1. The summed E-state index contributed by atoms with van der Waals surface area (Å²) in [6.45, 7) is 4.29. The van der Waals surface area contributed by atoms with E-state index in [4.69, 9.17) is 9.84 Å². The van der Waals surface area contributed by atoms with Crippen molar-refractivity contribution >= 4 is 17.4 Å². The summed E-state index contributed by atoms with van der Waals surface area (Å²) in [4.78, 5) is 25.5. The second-order valence-corrected chi connectivity index (χ2v) is 7.04. The van der Waals surface area contributed by atoms with Gasteiger partial charge in [0.2, 0.25) is 0 Å². The number of rotatable bonds is 5. The second-order valence-electron chi connectivity index (χ2n) is 7.04. The van der Waals surface area contributed by atoms with Crippen LogP contribution in [0.15, 0.2) is 60.7 Å². The molecule has 0 fully saturated rings. The van der Waals surface area contributed by atoms with Gasteiger partial charge in [-0.1, -0.05) is 36.4 Å². The van der Waals surface area contributed by atoms with E-state index in [1.165, 1.54) is 19.4 Å². The van der Waals surface area contributed by atoms with Crippen molar-refractivity contribution in [1.82, 2.24) is 4.90 Å². The molecule has 2 aromatic rings. The molecule has 1 aliphatic heterocycles. The van der Waals surface area contributed by atoms with Gasteiger partial charge >= 0.3 is 5.97 Å². The van der Waals surface area contributed by atoms with Gasteiger partial charge in [-0.05, 0) is 55.7 Å². The van der Waals surface area contributed by atoms with Crippen molar-refractivity contribution < 1.29 is 19.4 Å². The summed E-state index contributed by atoms with van der Waals surface area (Å²) in [6, 6.07) is 16.7. The van der Waals surface area contributed by atoms with Crippen LogP contribution in [-0.4, -0.2) is 40.6 Å². The van der Waals surface area contributed by atoms with Gasteiger partial charge in [-0.3, -0.25) is 4.79 Å². The van der Waals surface area contributed by atoms with Gasteiger partial charge in [-0.15, -0.1) is 0 Å². The normalized spacial score (nSPS) is 14.4. The van der Waals surface area contributed by atoms with Crippen LogP contribution in [0.3, 0.4) is 0 Å². The van der Waals surface area contributed by atoms with Crippen molar-refractivity contribution in [3.63, 3.8) is 0 Å². The molecule has 5 heteroatoms. The minimum absolute atomic E-state index is 0.0468. The van der Waals surface area contributed by atoms with Crippen molar-refractivity contribution in [2.75, 3.05) is 13.1 Å². The summed E-state index contributed by atoms with van der Waals surface area (Å²) in [5.41, 5.74) is 1.67. The number of hydrogen-bond donors (Lipinski definition) is 1. The van der Waals surface area contributed by atoms with Crippen LogP contribution in [0.1, 0.15) is 36.2 Å². The van der Waals surface area contributed by atoms with E-state index in [-0.39, 0.29) is 5.91 Å². The number of carboxylic acid groups (broad SMARTS) is 1. The predicted molar refractivity (Wildman–Crippen MR) is 104 cm³/mol. The fraction of sp³-hybridized carbons (Fsp3) is 0.273. The highest BCUT2D eigenvalue weighted by molar-refractivity contribution is 5.94. The van der Waals surface area contributed by atoms with Crippen LogP contribution in [-0.2, 0) is 4.79 Å². The lowest BCUT2D eigenvalue weighted by Gasteiger charge is -2.27. The number of aliphatic carboxylic acids is 1. The van der Waals surface area contributed by atoms with Gasteiger partial charge in [0.15, 0.2) is 5.60 Å². The van der Waals surface area contributed by atoms with E-state index in [0.29, 0.717) is 24.4 Å². The van der Waals surface area contributed by atoms with Crippen LogP contribution in [0.5, 0.6) is 5.75 Å². The molecule has 0 bridgehead atoms. The molecule has 0 aromatic heterocycles. The molecule has 5 nitrogen and oxygen atoms in total. The van der Waals surface area contributed by atoms with Crippen LogP contribution in [0.25, 0.3) is 5.57 Å². The number of hydrogen-bond acceptors (Lipinski definition) is 3. The number of nitrogens with zero attached hydrogens (tertiary/aromatic N) is 1. The minimum atomic E-state index is -1.27. The van der Waals surface area contributed by atoms with Crippen LogP contribution in [0.2, 0.25) is 0 Å². The molecule has 1 amide bonds. The third kappa shape index (κ3) is 4.37. The standard InChI is InChI=1S/C22H23NO4/c1-22(2,21(25)26)27-19-10-8-16(9-11-19)17-12-14-23(15-13-17)20(24)18-6-4-3-5-7-18/h3-12H,13-15H2,1-2H3,(H,25,26). The highest BCUT2D eigenvalue weighted by Gasteiger charge is 2.29. The Balaban J connectivity index is 1.65. The minimum Gasteiger partial charge on any atom is -0.478 e. The first kappa shape index (κ1) is 18.7. The monoisotopic (exact) mass is 365 g/mol. The Kier molecular flexibility index (Phi) is 5.31. The van der Waals surface area contributed by atoms with E-state index < -0.39 is 11.6 Å². The zero-order valence-electron chi connectivity index (χ0n) is 15.5. The molecule has 3 rings (SSSR count). The second kappa shape index (κ2) is 7.66. The molecule has 0 spiro atoms. The van der Waals surface area contributed by atoms with Gasteiger partial charge in [0, 0.05) is 18.7 Å². The molecule has 0 saturated carbocycles. The van der Waals surface area contributed by atoms with Gasteiger partial charge in [0.05, 0.1) is 0 Å². The van der Waals surface area contributed by atoms with Crippen molar-refractivity contribution in [2.45, 2.75) is 25.9 Å². The largest absolute Gasteiger partial charge is 0.478 e. The molecule has 1 aliphatic rings. The maximum absolute atomic E-state index is 12.5. The van der Waals surface area contributed by atoms with Crippen LogP contribution in [0.4, 0.5) is 0 Å². The quantitative estimate of drug-likeness (QED) is 0.874. The molecule has 140 valence electrons. The molecule has 1 heterocycles. The van der Waals surface area contributed by atoms with E-state index in [9.17, 15) is 9.59 Å². The number of amides is 1. The Bertz CT molecular complexity index is 854. The first-order valence-corrected chi connectivity index (χ1v) is 8.93. The molecule has 0 radical (unpaired) electrons. The van der Waals surface area contributed by atoms with Gasteiger partial charge in [0.1, 0.15) is 5.75 Å². The van der Waals surface area contributed by atoms with E-state index in [1.807, 2.05) is 47.4 Å². The molecule has 0 atom stereocenters. The van der Waals surface area contributed by atoms with Gasteiger partial charge in [0.25, 0.3) is 5.91 Å². The van der Waals surface area contributed by atoms with Crippen molar-refractivity contribution in [3.05, 3.63) is 71.8 Å². The molecular formula is C22H23NO4. The number of benzene rings is 2. The lowest BCUT2D eigenvalue weighted by Crippen LogP contribution is -2.37. The van der Waals surface area contributed by atoms with Crippen LogP contribution >= 0.6 is 0 Å². The Hall–Kier alpha value is -3.08. The highest BCUT2D eigenvalue weighted by atomic mass is 16.5. The molecule has 0 aliphatic carbocycles. The molecule has 0 saturated heterocycles. The third-order valence-electron chi connectivity index (χ3n) is 4.63. The lowest BCUT2D eigenvalue weighted by atomic mass is 9.99. The average molecular weight is 365 g/mol. The fourth-order valence-electron chi connectivity index (χ4n) is 2.95. The maximum atomic E-state index is 12.5. The van der Waals surface area contributed by atoms with Crippen molar-refractivity contribution in [3.8, 4) is 5.75 Å². The third-order valence-corrected chi connectivity index (χ3v) is 4.63. The summed E-state index contributed by atoms with van der Waals surface area (Å²) in [5.74, 6) is -0.446. The Morgan fingerprint density at radius 3 is 2.26 bits per heavy atom. The van der Waals surface area contributed by atoms with E-state index >= 15 is 0 Å². The molecular weight excluding hydrogens is 342 g/mol. The average Bonchev–Trinajstić information content (AvgIpc) is 2.68. The number of ether oxygens (including phenoxy) is 1. The molecule has 27 heavy (non-hydrogen) atoms. The van der Waals surface area contributed by atoms with Gasteiger partial charge in [-0.25, -0.2) is 4.79 Å². The first-order valence-electron chi connectivity index (χ1n) is 8.93. The van der Waals surface area contributed by atoms with Crippen molar-refractivity contribution in [1.29, 1.82) is 0 Å². The SMILES string of the molecule is CC(C)(Oc1ccc(C2=CCN(C(=O)c3ccccc3)CC2)cc1)C(=O)O. The molecule has 2 aromatic carbocycles. The number of carbonyl (C=O) groups is 2. The zero-order valence-corrected chi connectivity index (χ0v) is 15.5.